The van der Waals surface area contributed by atoms with Gasteiger partial charge >= 0.3 is 0 Å². The van der Waals surface area contributed by atoms with Crippen molar-refractivity contribution in [1.82, 2.24) is 0 Å². The summed E-state index contributed by atoms with van der Waals surface area (Å²) in [4.78, 5) is 13.0. The number of hydrogen-bond acceptors (Lipinski definition) is 5. The second-order valence-electron chi connectivity index (χ2n) is 7.76. The molecule has 4 aromatic carbocycles. The van der Waals surface area contributed by atoms with E-state index in [2.05, 4.69) is 5.32 Å². The van der Waals surface area contributed by atoms with Crippen LogP contribution in [0, 0.1) is 5.41 Å². The van der Waals surface area contributed by atoms with E-state index in [1.54, 1.807) is 84.9 Å². The van der Waals surface area contributed by atoms with Crippen molar-refractivity contribution in [3.05, 3.63) is 107 Å². The number of rotatable bonds is 7. The van der Waals surface area contributed by atoms with Gasteiger partial charge in [0.15, 0.2) is 5.75 Å². The largest absolute Gasteiger partial charge is 0.455 e. The zero-order valence-electron chi connectivity index (χ0n) is 18.7. The van der Waals surface area contributed by atoms with Crippen LogP contribution in [0.3, 0.4) is 0 Å². The molecular formula is C26H21ClN4O4S. The monoisotopic (exact) mass is 520 g/mol. The van der Waals surface area contributed by atoms with Gasteiger partial charge in [-0.25, -0.2) is 13.6 Å². The summed E-state index contributed by atoms with van der Waals surface area (Å²) >= 11 is 6.15. The number of hydrogen-bond donors (Lipinski definition) is 4. The van der Waals surface area contributed by atoms with Crippen molar-refractivity contribution in [3.8, 4) is 22.6 Å². The van der Waals surface area contributed by atoms with E-state index < -0.39 is 15.9 Å². The number of carbonyl (C=O) groups excluding carboxylic acids is 1. The number of carbonyl (C=O) groups is 1. The third-order valence-electron chi connectivity index (χ3n) is 5.21. The highest BCUT2D eigenvalue weighted by molar-refractivity contribution is 7.89. The lowest BCUT2D eigenvalue weighted by molar-refractivity contribution is 0.102. The van der Waals surface area contributed by atoms with Crippen LogP contribution in [0.25, 0.3) is 11.1 Å². The highest BCUT2D eigenvalue weighted by atomic mass is 35.5. The number of amides is 1. The number of nitrogen functional groups attached to an aromatic ring is 1. The number of nitrogens with two attached hydrogens (primary N) is 2. The first-order valence-corrected chi connectivity index (χ1v) is 12.5. The zero-order valence-corrected chi connectivity index (χ0v) is 20.3. The maximum Gasteiger partial charge on any atom is 0.255 e. The third kappa shape index (κ3) is 5.72. The molecule has 0 fully saturated rings. The van der Waals surface area contributed by atoms with Crippen molar-refractivity contribution in [1.29, 1.82) is 5.41 Å². The highest BCUT2D eigenvalue weighted by Gasteiger charge is 2.16. The van der Waals surface area contributed by atoms with Gasteiger partial charge in [-0.3, -0.25) is 10.2 Å². The average molecular weight is 521 g/mol. The van der Waals surface area contributed by atoms with Crippen LogP contribution in [-0.4, -0.2) is 20.2 Å². The minimum absolute atomic E-state index is 0.00300. The average Bonchev–Trinajstić information content (AvgIpc) is 2.85. The molecule has 0 bridgehead atoms. The van der Waals surface area contributed by atoms with Crippen LogP contribution < -0.4 is 20.9 Å². The summed E-state index contributed by atoms with van der Waals surface area (Å²) < 4.78 is 29.8. The van der Waals surface area contributed by atoms with Gasteiger partial charge in [-0.1, -0.05) is 54.1 Å². The molecule has 4 rings (SSSR count). The molecule has 0 aliphatic rings. The standard InChI is InChI=1S/C26H21ClN4O4S/c27-19-12-13-23(35-20-5-3-4-18(14-20)25(28)29)22(15-19)31-26(32)17-10-8-16(9-11-17)21-6-1-2-7-24(21)36(30,33)34/h1-15H,(H3,28,29)(H,31,32)(H2,30,33,34). The van der Waals surface area contributed by atoms with Gasteiger partial charge in [0.2, 0.25) is 10.0 Å². The molecule has 0 aliphatic heterocycles. The summed E-state index contributed by atoms with van der Waals surface area (Å²) in [6.45, 7) is 0. The van der Waals surface area contributed by atoms with Gasteiger partial charge in [0, 0.05) is 21.7 Å². The fourth-order valence-corrected chi connectivity index (χ4v) is 4.42. The molecule has 4 aromatic rings. The molecule has 0 spiro atoms. The Kier molecular flexibility index (Phi) is 7.07. The summed E-state index contributed by atoms with van der Waals surface area (Å²) in [5.74, 6) is 0.247. The van der Waals surface area contributed by atoms with E-state index in [0.717, 1.165) is 0 Å². The molecule has 6 N–H and O–H groups in total. The van der Waals surface area contributed by atoms with Crippen LogP contribution in [-0.2, 0) is 10.0 Å². The molecule has 0 aromatic heterocycles. The third-order valence-corrected chi connectivity index (χ3v) is 6.42. The Bertz CT molecular complexity index is 1570. The summed E-state index contributed by atoms with van der Waals surface area (Å²) in [7, 11) is -3.92. The van der Waals surface area contributed by atoms with Gasteiger partial charge in [0.25, 0.3) is 5.91 Å². The predicted molar refractivity (Wildman–Crippen MR) is 140 cm³/mol. The number of primary sulfonamides is 1. The van der Waals surface area contributed by atoms with Gasteiger partial charge in [-0.2, -0.15) is 0 Å². The lowest BCUT2D eigenvalue weighted by Crippen LogP contribution is -2.14. The summed E-state index contributed by atoms with van der Waals surface area (Å²) in [6.07, 6.45) is 0. The minimum atomic E-state index is -3.92. The Morgan fingerprint density at radius 2 is 1.61 bits per heavy atom. The molecule has 1 amide bonds. The Morgan fingerprint density at radius 3 is 2.31 bits per heavy atom. The molecule has 0 unspecified atom stereocenters. The number of nitrogens with one attached hydrogen (secondary N) is 2. The highest BCUT2D eigenvalue weighted by Crippen LogP contribution is 2.33. The quantitative estimate of drug-likeness (QED) is 0.200. The van der Waals surface area contributed by atoms with E-state index in [1.807, 2.05) is 0 Å². The summed E-state index contributed by atoms with van der Waals surface area (Å²) in [6, 6.07) is 24.3. The lowest BCUT2D eigenvalue weighted by atomic mass is 10.0. The van der Waals surface area contributed by atoms with E-state index in [9.17, 15) is 13.2 Å². The minimum Gasteiger partial charge on any atom is -0.455 e. The Morgan fingerprint density at radius 1 is 0.889 bits per heavy atom. The van der Waals surface area contributed by atoms with E-state index in [0.29, 0.717) is 44.5 Å². The Hall–Kier alpha value is -4.18. The molecule has 36 heavy (non-hydrogen) atoms. The molecule has 8 nitrogen and oxygen atoms in total. The molecule has 0 aliphatic carbocycles. The second-order valence-corrected chi connectivity index (χ2v) is 9.72. The molecule has 0 radical (unpaired) electrons. The van der Waals surface area contributed by atoms with Gasteiger partial charge < -0.3 is 15.8 Å². The molecule has 182 valence electrons. The first-order valence-electron chi connectivity index (χ1n) is 10.6. The first-order chi connectivity index (χ1) is 17.1. The lowest BCUT2D eigenvalue weighted by Gasteiger charge is -2.14. The zero-order chi connectivity index (χ0) is 25.9. The molecule has 0 saturated heterocycles. The van der Waals surface area contributed by atoms with Gasteiger partial charge in [0.1, 0.15) is 11.6 Å². The predicted octanol–water partition coefficient (Wildman–Crippen LogP) is 4.98. The topological polar surface area (TPSA) is 148 Å². The van der Waals surface area contributed by atoms with Gasteiger partial charge in [0.05, 0.1) is 10.6 Å². The van der Waals surface area contributed by atoms with Crippen LogP contribution in [0.2, 0.25) is 5.02 Å². The molecular weight excluding hydrogens is 500 g/mol. The van der Waals surface area contributed by atoms with Gasteiger partial charge in [-0.05, 0) is 54.1 Å². The SMILES string of the molecule is N=C(N)c1cccc(Oc2ccc(Cl)cc2NC(=O)c2ccc(-c3ccccc3S(N)(=O)=O)cc2)c1. The van der Waals surface area contributed by atoms with Crippen molar-refractivity contribution in [2.75, 3.05) is 5.32 Å². The molecule has 0 atom stereocenters. The van der Waals surface area contributed by atoms with Gasteiger partial charge in [-0.15, -0.1) is 0 Å². The van der Waals surface area contributed by atoms with Crippen LogP contribution >= 0.6 is 11.6 Å². The number of ether oxygens (including phenoxy) is 1. The summed E-state index contributed by atoms with van der Waals surface area (Å²) in [5, 5.41) is 16.1. The fraction of sp³-hybridized carbons (Fsp3) is 0. The Labute approximate surface area is 213 Å². The van der Waals surface area contributed by atoms with Crippen LogP contribution in [0.5, 0.6) is 11.5 Å². The molecule has 0 saturated carbocycles. The maximum atomic E-state index is 13.0. The van der Waals surface area contributed by atoms with Crippen LogP contribution in [0.1, 0.15) is 15.9 Å². The van der Waals surface area contributed by atoms with Crippen molar-refractivity contribution in [2.45, 2.75) is 4.90 Å². The van der Waals surface area contributed by atoms with Crippen molar-refractivity contribution < 1.29 is 17.9 Å². The number of sulfonamides is 1. The second kappa shape index (κ2) is 10.2. The van der Waals surface area contributed by atoms with Crippen LogP contribution in [0.15, 0.2) is 95.9 Å². The molecule has 0 heterocycles. The van der Waals surface area contributed by atoms with E-state index in [1.165, 1.54) is 6.07 Å². The number of amidine groups is 1. The molecule has 10 heteroatoms. The van der Waals surface area contributed by atoms with Crippen LogP contribution in [0.4, 0.5) is 5.69 Å². The summed E-state index contributed by atoms with van der Waals surface area (Å²) in [5.41, 5.74) is 7.74. The fourth-order valence-electron chi connectivity index (χ4n) is 3.49. The smallest absolute Gasteiger partial charge is 0.255 e. The number of benzene rings is 4. The van der Waals surface area contributed by atoms with Crippen molar-refractivity contribution in [3.63, 3.8) is 0 Å². The maximum absolute atomic E-state index is 13.0. The van der Waals surface area contributed by atoms with E-state index in [4.69, 9.17) is 32.6 Å². The normalized spacial score (nSPS) is 11.1. The van der Waals surface area contributed by atoms with Crippen molar-refractivity contribution in [2.24, 2.45) is 10.9 Å². The van der Waals surface area contributed by atoms with E-state index in [-0.39, 0.29) is 10.7 Å². The van der Waals surface area contributed by atoms with Crippen molar-refractivity contribution >= 4 is 39.1 Å². The van der Waals surface area contributed by atoms with E-state index >= 15 is 0 Å². The first kappa shape index (κ1) is 24.9. The Balaban J connectivity index is 1.58. The number of halogens is 1. The number of anilines is 1.